The van der Waals surface area contributed by atoms with Crippen molar-refractivity contribution >= 4 is 11.2 Å². The number of rotatable bonds is 2. The number of pyridine rings is 1. The van der Waals surface area contributed by atoms with E-state index in [0.717, 1.165) is 42.9 Å². The highest BCUT2D eigenvalue weighted by molar-refractivity contribution is 5.74. The second-order valence-electron chi connectivity index (χ2n) is 6.57. The third kappa shape index (κ3) is 2.63. The Balaban J connectivity index is 1.88. The van der Waals surface area contributed by atoms with E-state index in [1.165, 1.54) is 11.3 Å². The molecule has 3 heterocycles. The van der Waals surface area contributed by atoms with Crippen LogP contribution in [0.3, 0.4) is 0 Å². The summed E-state index contributed by atoms with van der Waals surface area (Å²) in [6.07, 6.45) is 4.17. The van der Waals surface area contributed by atoms with Crippen molar-refractivity contribution in [1.82, 2.24) is 19.4 Å². The summed E-state index contributed by atoms with van der Waals surface area (Å²) in [5, 5.41) is 0. The minimum absolute atomic E-state index is 0.501. The summed E-state index contributed by atoms with van der Waals surface area (Å²) >= 11 is 0. The topological polar surface area (TPSA) is 34.0 Å². The molecule has 23 heavy (non-hydrogen) atoms. The molecular weight excluding hydrogens is 284 g/mol. The number of hydrogen-bond acceptors (Lipinski definition) is 3. The summed E-state index contributed by atoms with van der Waals surface area (Å²) in [6.45, 7) is 4.40. The first-order valence-corrected chi connectivity index (χ1v) is 8.31. The van der Waals surface area contributed by atoms with Crippen molar-refractivity contribution in [2.45, 2.75) is 25.7 Å². The molecule has 1 saturated heterocycles. The van der Waals surface area contributed by atoms with Gasteiger partial charge in [-0.05, 0) is 69.7 Å². The molecule has 2 aromatic heterocycles. The van der Waals surface area contributed by atoms with E-state index < -0.39 is 0 Å². The van der Waals surface area contributed by atoms with Crippen LogP contribution < -0.4 is 0 Å². The van der Waals surface area contributed by atoms with Gasteiger partial charge in [-0.3, -0.25) is 4.57 Å². The molecule has 0 N–H and O–H groups in total. The van der Waals surface area contributed by atoms with E-state index in [9.17, 15) is 0 Å². The summed E-state index contributed by atoms with van der Waals surface area (Å²) in [4.78, 5) is 12.0. The number of piperidine rings is 1. The van der Waals surface area contributed by atoms with Gasteiger partial charge in [-0.2, -0.15) is 0 Å². The molecule has 0 unspecified atom stereocenters. The number of likely N-dealkylation sites (tertiary alicyclic amines) is 1. The Morgan fingerprint density at radius 2 is 1.91 bits per heavy atom. The first-order chi connectivity index (χ1) is 11.2. The summed E-state index contributed by atoms with van der Waals surface area (Å²) in [5.74, 6) is 1.67. The molecule has 4 nitrogen and oxygen atoms in total. The smallest absolute Gasteiger partial charge is 0.164 e. The number of aryl methyl sites for hydroxylation is 1. The lowest BCUT2D eigenvalue weighted by molar-refractivity contribution is 0.250. The summed E-state index contributed by atoms with van der Waals surface area (Å²) in [6, 6.07) is 12.6. The molecule has 3 aromatic rings. The highest BCUT2D eigenvalue weighted by atomic mass is 15.1. The van der Waals surface area contributed by atoms with E-state index in [-0.39, 0.29) is 0 Å². The van der Waals surface area contributed by atoms with Gasteiger partial charge >= 0.3 is 0 Å². The number of aromatic nitrogens is 3. The zero-order valence-corrected chi connectivity index (χ0v) is 13.7. The van der Waals surface area contributed by atoms with Crippen LogP contribution in [0.2, 0.25) is 0 Å². The fourth-order valence-corrected chi connectivity index (χ4v) is 3.49. The lowest BCUT2D eigenvalue weighted by Crippen LogP contribution is -2.30. The van der Waals surface area contributed by atoms with Crippen molar-refractivity contribution in [2.75, 3.05) is 20.1 Å². The van der Waals surface area contributed by atoms with Crippen LogP contribution in [-0.4, -0.2) is 39.6 Å². The van der Waals surface area contributed by atoms with Gasteiger partial charge < -0.3 is 4.90 Å². The van der Waals surface area contributed by atoms with Gasteiger partial charge in [0.05, 0.1) is 0 Å². The number of nitrogens with zero attached hydrogens (tertiary/aromatic N) is 4. The molecule has 0 aliphatic carbocycles. The molecule has 0 bridgehead atoms. The van der Waals surface area contributed by atoms with Crippen molar-refractivity contribution in [3.05, 3.63) is 54.0 Å². The Kier molecular flexibility index (Phi) is 3.62. The molecular formula is C19H22N4. The molecule has 0 radical (unpaired) electrons. The number of benzene rings is 1. The quantitative estimate of drug-likeness (QED) is 0.726. The van der Waals surface area contributed by atoms with Crippen LogP contribution in [0, 0.1) is 6.92 Å². The van der Waals surface area contributed by atoms with Gasteiger partial charge in [-0.1, -0.05) is 12.1 Å². The van der Waals surface area contributed by atoms with Crippen LogP contribution in [0.5, 0.6) is 0 Å². The van der Waals surface area contributed by atoms with Gasteiger partial charge in [0.1, 0.15) is 11.3 Å². The molecule has 0 atom stereocenters. The maximum Gasteiger partial charge on any atom is 0.164 e. The largest absolute Gasteiger partial charge is 0.306 e. The van der Waals surface area contributed by atoms with Gasteiger partial charge in [0.25, 0.3) is 0 Å². The lowest BCUT2D eigenvalue weighted by atomic mass is 9.96. The maximum atomic E-state index is 4.95. The van der Waals surface area contributed by atoms with Crippen molar-refractivity contribution in [3.63, 3.8) is 0 Å². The molecule has 4 heteroatoms. The maximum absolute atomic E-state index is 4.95. The molecule has 4 rings (SSSR count). The first kappa shape index (κ1) is 14.4. The molecule has 1 fully saturated rings. The van der Waals surface area contributed by atoms with Gasteiger partial charge in [-0.25, -0.2) is 9.97 Å². The van der Waals surface area contributed by atoms with Crippen LogP contribution in [0.15, 0.2) is 42.6 Å². The molecule has 1 aliphatic heterocycles. The average Bonchev–Trinajstić information content (AvgIpc) is 2.95. The third-order valence-corrected chi connectivity index (χ3v) is 4.79. The molecule has 0 spiro atoms. The monoisotopic (exact) mass is 306 g/mol. The van der Waals surface area contributed by atoms with Crippen molar-refractivity contribution in [1.29, 1.82) is 0 Å². The van der Waals surface area contributed by atoms with E-state index in [1.807, 2.05) is 12.3 Å². The van der Waals surface area contributed by atoms with Gasteiger partial charge in [0.2, 0.25) is 0 Å². The Hall–Kier alpha value is -2.20. The van der Waals surface area contributed by atoms with Gasteiger partial charge in [0, 0.05) is 17.8 Å². The van der Waals surface area contributed by atoms with E-state index in [0.29, 0.717) is 5.92 Å². The number of imidazole rings is 1. The Morgan fingerprint density at radius 1 is 1.09 bits per heavy atom. The minimum Gasteiger partial charge on any atom is -0.306 e. The molecule has 1 aliphatic rings. The molecule has 118 valence electrons. The fraction of sp³-hybridized carbons (Fsp3) is 0.368. The zero-order chi connectivity index (χ0) is 15.8. The lowest BCUT2D eigenvalue weighted by Gasteiger charge is -2.28. The Bertz CT molecular complexity index is 828. The van der Waals surface area contributed by atoms with Gasteiger partial charge in [-0.15, -0.1) is 0 Å². The van der Waals surface area contributed by atoms with Crippen LogP contribution in [0.1, 0.15) is 30.1 Å². The van der Waals surface area contributed by atoms with E-state index in [4.69, 9.17) is 4.98 Å². The second-order valence-corrected chi connectivity index (χ2v) is 6.57. The molecule has 1 aromatic carbocycles. The van der Waals surface area contributed by atoms with Gasteiger partial charge in [0.15, 0.2) is 5.65 Å². The zero-order valence-electron chi connectivity index (χ0n) is 13.7. The van der Waals surface area contributed by atoms with Crippen LogP contribution in [-0.2, 0) is 0 Å². The fourth-order valence-electron chi connectivity index (χ4n) is 3.49. The van der Waals surface area contributed by atoms with Crippen molar-refractivity contribution < 1.29 is 0 Å². The number of hydrogen-bond donors (Lipinski definition) is 0. The Morgan fingerprint density at radius 3 is 2.70 bits per heavy atom. The predicted molar refractivity (Wildman–Crippen MR) is 93.1 cm³/mol. The van der Waals surface area contributed by atoms with Crippen molar-refractivity contribution in [3.8, 4) is 5.69 Å². The highest BCUT2D eigenvalue weighted by Crippen LogP contribution is 2.31. The summed E-state index contributed by atoms with van der Waals surface area (Å²) < 4.78 is 2.26. The summed E-state index contributed by atoms with van der Waals surface area (Å²) in [7, 11) is 2.20. The predicted octanol–water partition coefficient (Wildman–Crippen LogP) is 3.54. The van der Waals surface area contributed by atoms with Crippen LogP contribution >= 0.6 is 0 Å². The third-order valence-electron chi connectivity index (χ3n) is 4.79. The second kappa shape index (κ2) is 5.78. The van der Waals surface area contributed by atoms with Crippen LogP contribution in [0.4, 0.5) is 0 Å². The average molecular weight is 306 g/mol. The van der Waals surface area contributed by atoms with E-state index >= 15 is 0 Å². The SMILES string of the molecule is Cc1cccc(-n2c(C3CCN(C)CC3)nc3cccnc32)c1. The standard InChI is InChI=1S/C19H22N4/c1-14-5-3-6-16(13-14)23-18(15-8-11-22(2)12-9-15)21-17-7-4-10-20-19(17)23/h3-7,10,13,15H,8-9,11-12H2,1-2H3. The summed E-state index contributed by atoms with van der Waals surface area (Å²) in [5.41, 5.74) is 4.38. The normalized spacial score (nSPS) is 17.0. The van der Waals surface area contributed by atoms with E-state index in [2.05, 4.69) is 58.8 Å². The van der Waals surface area contributed by atoms with Crippen LogP contribution in [0.25, 0.3) is 16.9 Å². The van der Waals surface area contributed by atoms with Crippen molar-refractivity contribution in [2.24, 2.45) is 0 Å². The molecule has 0 saturated carbocycles. The number of fused-ring (bicyclic) bond motifs is 1. The molecule has 0 amide bonds. The minimum atomic E-state index is 0.501. The highest BCUT2D eigenvalue weighted by Gasteiger charge is 2.25. The van der Waals surface area contributed by atoms with E-state index in [1.54, 1.807) is 0 Å². The first-order valence-electron chi connectivity index (χ1n) is 8.31. The Labute approximate surface area is 136 Å².